The number of nitrogens with one attached hydrogen (secondary N) is 2. The number of urea groups is 1. The van der Waals surface area contributed by atoms with Gasteiger partial charge in [0.1, 0.15) is 0 Å². The van der Waals surface area contributed by atoms with Gasteiger partial charge in [-0.25, -0.2) is 9.78 Å². The van der Waals surface area contributed by atoms with Crippen LogP contribution in [0.25, 0.3) is 0 Å². The fourth-order valence-electron chi connectivity index (χ4n) is 2.35. The summed E-state index contributed by atoms with van der Waals surface area (Å²) < 4.78 is 10.3. The van der Waals surface area contributed by atoms with Crippen molar-refractivity contribution in [2.45, 2.75) is 13.1 Å². The molecule has 2 rings (SSSR count). The van der Waals surface area contributed by atoms with Crippen molar-refractivity contribution in [3.63, 3.8) is 0 Å². The highest BCUT2D eigenvalue weighted by Gasteiger charge is 2.11. The van der Waals surface area contributed by atoms with Crippen molar-refractivity contribution in [1.82, 2.24) is 15.2 Å². The molecule has 0 fully saturated rings. The first-order valence-corrected chi connectivity index (χ1v) is 10.3. The number of hydrogen-bond acceptors (Lipinski definition) is 6. The summed E-state index contributed by atoms with van der Waals surface area (Å²) in [5, 5.41) is 8.93. The van der Waals surface area contributed by atoms with Crippen LogP contribution in [0.1, 0.15) is 11.3 Å². The van der Waals surface area contributed by atoms with Crippen molar-refractivity contribution in [3.8, 4) is 0 Å². The molecule has 2 N–H and O–H groups in total. The van der Waals surface area contributed by atoms with Gasteiger partial charge in [-0.05, 0) is 17.7 Å². The van der Waals surface area contributed by atoms with E-state index < -0.39 is 0 Å². The lowest BCUT2D eigenvalue weighted by Crippen LogP contribution is -2.30. The van der Waals surface area contributed by atoms with Crippen molar-refractivity contribution < 1.29 is 14.3 Å². The number of methoxy groups -OCH3 is 2. The smallest absolute Gasteiger partial charge is 0.321 e. The van der Waals surface area contributed by atoms with Gasteiger partial charge in [0.15, 0.2) is 5.13 Å². The molecule has 2 aromatic rings. The fourth-order valence-corrected chi connectivity index (χ4v) is 3.37. The van der Waals surface area contributed by atoms with E-state index in [-0.39, 0.29) is 18.4 Å². The predicted molar refractivity (Wildman–Crippen MR) is 121 cm³/mol. The lowest BCUT2D eigenvalue weighted by atomic mass is 10.2. The average Bonchev–Trinajstić information content (AvgIpc) is 3.11. The number of amides is 2. The zero-order valence-corrected chi connectivity index (χ0v) is 19.4. The van der Waals surface area contributed by atoms with Crippen LogP contribution in [0.15, 0.2) is 23.6 Å². The third kappa shape index (κ3) is 9.48. The molecule has 162 valence electrons. The molecular formula is C18H25Cl3N4O3S. The van der Waals surface area contributed by atoms with Crippen LogP contribution < -0.4 is 10.6 Å². The quantitative estimate of drug-likeness (QED) is 0.499. The van der Waals surface area contributed by atoms with E-state index in [9.17, 15) is 4.79 Å². The first-order valence-electron chi connectivity index (χ1n) is 8.65. The van der Waals surface area contributed by atoms with Gasteiger partial charge in [0.25, 0.3) is 0 Å². The summed E-state index contributed by atoms with van der Waals surface area (Å²) in [5.74, 6) is 0. The molecule has 0 saturated heterocycles. The van der Waals surface area contributed by atoms with Crippen LogP contribution in [0.2, 0.25) is 10.0 Å². The second-order valence-corrected chi connectivity index (χ2v) is 7.63. The Morgan fingerprint density at radius 2 is 1.86 bits per heavy atom. The van der Waals surface area contributed by atoms with Crippen molar-refractivity contribution in [3.05, 3.63) is 44.9 Å². The van der Waals surface area contributed by atoms with Crippen molar-refractivity contribution >= 4 is 58.1 Å². The van der Waals surface area contributed by atoms with Gasteiger partial charge in [-0.3, -0.25) is 10.2 Å². The van der Waals surface area contributed by atoms with Gasteiger partial charge in [0, 0.05) is 45.8 Å². The van der Waals surface area contributed by atoms with E-state index in [1.165, 1.54) is 11.3 Å². The number of rotatable bonds is 11. The van der Waals surface area contributed by atoms with Gasteiger partial charge in [0.05, 0.1) is 29.0 Å². The highest BCUT2D eigenvalue weighted by Crippen LogP contribution is 2.22. The van der Waals surface area contributed by atoms with E-state index in [0.29, 0.717) is 41.5 Å². The Hall–Kier alpha value is -1.13. The summed E-state index contributed by atoms with van der Waals surface area (Å²) in [7, 11) is 3.35. The molecule has 0 bridgehead atoms. The van der Waals surface area contributed by atoms with Crippen molar-refractivity contribution in [1.29, 1.82) is 0 Å². The van der Waals surface area contributed by atoms with E-state index in [2.05, 4.69) is 20.5 Å². The Balaban J connectivity index is 0.00000420. The number of benzene rings is 1. The number of carbonyl (C=O) groups excluding carboxylic acids is 1. The highest BCUT2D eigenvalue weighted by atomic mass is 35.5. The number of aromatic nitrogens is 1. The normalized spacial score (nSPS) is 10.7. The number of carbonyl (C=O) groups is 1. The van der Waals surface area contributed by atoms with Crippen LogP contribution in [0.3, 0.4) is 0 Å². The molecule has 29 heavy (non-hydrogen) atoms. The standard InChI is InChI=1S/C18H24Cl2N4O3S.ClH/c1-26-7-5-24(6-8-27-2)11-14-12-28-18(22-14)23-17(25)21-10-13-3-4-15(19)16(20)9-13;/h3-4,9,12H,5-8,10-11H2,1-2H3,(H2,21,22,23,25);1H. The Bertz CT molecular complexity index is 756. The Labute approximate surface area is 191 Å². The maximum Gasteiger partial charge on any atom is 0.321 e. The molecule has 0 aliphatic carbocycles. The van der Waals surface area contributed by atoms with Gasteiger partial charge in [-0.1, -0.05) is 29.3 Å². The second kappa shape index (κ2) is 14.0. The summed E-state index contributed by atoms with van der Waals surface area (Å²) in [6.07, 6.45) is 0. The predicted octanol–water partition coefficient (Wildman–Crippen LogP) is 4.29. The van der Waals surface area contributed by atoms with Gasteiger partial charge < -0.3 is 14.8 Å². The molecule has 0 aliphatic rings. The van der Waals surface area contributed by atoms with E-state index in [4.69, 9.17) is 32.7 Å². The third-order valence-electron chi connectivity index (χ3n) is 3.82. The SMILES string of the molecule is COCCN(CCOC)Cc1csc(NC(=O)NCc2ccc(Cl)c(Cl)c2)n1.Cl. The summed E-state index contributed by atoms with van der Waals surface area (Å²) >= 11 is 13.3. The van der Waals surface area contributed by atoms with E-state index in [1.54, 1.807) is 26.4 Å². The van der Waals surface area contributed by atoms with E-state index >= 15 is 0 Å². The summed E-state index contributed by atoms with van der Waals surface area (Å²) in [6, 6.07) is 4.90. The largest absolute Gasteiger partial charge is 0.383 e. The molecule has 0 saturated carbocycles. The third-order valence-corrected chi connectivity index (χ3v) is 5.36. The maximum absolute atomic E-state index is 12.1. The molecule has 0 spiro atoms. The van der Waals surface area contributed by atoms with Crippen LogP contribution in [-0.2, 0) is 22.6 Å². The topological polar surface area (TPSA) is 75.7 Å². The summed E-state index contributed by atoms with van der Waals surface area (Å²) in [4.78, 5) is 18.8. The number of anilines is 1. The molecular weight excluding hydrogens is 459 g/mol. The van der Waals surface area contributed by atoms with Crippen LogP contribution >= 0.6 is 46.9 Å². The fraction of sp³-hybridized carbons (Fsp3) is 0.444. The lowest BCUT2D eigenvalue weighted by molar-refractivity contribution is 0.109. The number of nitrogens with zero attached hydrogens (tertiary/aromatic N) is 2. The summed E-state index contributed by atoms with van der Waals surface area (Å²) in [5.41, 5.74) is 1.74. The minimum atomic E-state index is -0.331. The first kappa shape index (κ1) is 25.9. The van der Waals surface area contributed by atoms with Crippen LogP contribution in [0.5, 0.6) is 0 Å². The van der Waals surface area contributed by atoms with Crippen molar-refractivity contribution in [2.75, 3.05) is 45.8 Å². The second-order valence-electron chi connectivity index (χ2n) is 5.96. The number of thiazole rings is 1. The molecule has 0 atom stereocenters. The van der Waals surface area contributed by atoms with Crippen LogP contribution in [-0.4, -0.2) is 56.4 Å². The molecule has 1 heterocycles. The molecule has 0 radical (unpaired) electrons. The van der Waals surface area contributed by atoms with Gasteiger partial charge in [-0.15, -0.1) is 23.7 Å². The Kier molecular flexibility index (Phi) is 12.5. The molecule has 11 heteroatoms. The van der Waals surface area contributed by atoms with Crippen LogP contribution in [0, 0.1) is 0 Å². The van der Waals surface area contributed by atoms with Gasteiger partial charge in [0.2, 0.25) is 0 Å². The average molecular weight is 484 g/mol. The lowest BCUT2D eigenvalue weighted by Gasteiger charge is -2.20. The minimum absolute atomic E-state index is 0. The molecule has 1 aromatic heterocycles. The number of ether oxygens (including phenoxy) is 2. The molecule has 1 aromatic carbocycles. The van der Waals surface area contributed by atoms with Crippen molar-refractivity contribution in [2.24, 2.45) is 0 Å². The zero-order valence-electron chi connectivity index (χ0n) is 16.2. The monoisotopic (exact) mass is 482 g/mol. The molecule has 0 aliphatic heterocycles. The van der Waals surface area contributed by atoms with Crippen LogP contribution in [0.4, 0.5) is 9.93 Å². The Morgan fingerprint density at radius 1 is 1.17 bits per heavy atom. The van der Waals surface area contributed by atoms with Gasteiger partial charge >= 0.3 is 6.03 Å². The molecule has 7 nitrogen and oxygen atoms in total. The number of halogens is 3. The summed E-state index contributed by atoms with van der Waals surface area (Å²) in [6.45, 7) is 3.83. The zero-order chi connectivity index (χ0) is 20.4. The van der Waals surface area contributed by atoms with E-state index in [0.717, 1.165) is 24.3 Å². The number of hydrogen-bond donors (Lipinski definition) is 2. The Morgan fingerprint density at radius 3 is 2.48 bits per heavy atom. The van der Waals surface area contributed by atoms with Gasteiger partial charge in [-0.2, -0.15) is 0 Å². The first-order chi connectivity index (χ1) is 13.5. The molecule has 2 amide bonds. The molecule has 0 unspecified atom stereocenters. The highest BCUT2D eigenvalue weighted by molar-refractivity contribution is 7.13. The maximum atomic E-state index is 12.1. The van der Waals surface area contributed by atoms with E-state index in [1.807, 2.05) is 11.4 Å². The minimum Gasteiger partial charge on any atom is -0.383 e.